The van der Waals surface area contributed by atoms with E-state index in [1.54, 1.807) is 0 Å². The lowest BCUT2D eigenvalue weighted by molar-refractivity contribution is -0.633. The molecule has 2 N–H and O–H groups in total. The summed E-state index contributed by atoms with van der Waals surface area (Å²) in [5, 5.41) is 4.83. The summed E-state index contributed by atoms with van der Waals surface area (Å²) >= 11 is 0. The maximum Gasteiger partial charge on any atom is 0.336 e. The van der Waals surface area contributed by atoms with Gasteiger partial charge in [0, 0.05) is 5.92 Å². The first-order chi connectivity index (χ1) is 13.3. The van der Waals surface area contributed by atoms with Gasteiger partial charge >= 0.3 is 5.97 Å². The summed E-state index contributed by atoms with van der Waals surface area (Å²) in [6.07, 6.45) is 9.65. The summed E-state index contributed by atoms with van der Waals surface area (Å²) in [5.74, 6) is 0.830. The van der Waals surface area contributed by atoms with Crippen LogP contribution in [0.4, 0.5) is 0 Å². The number of fused-ring (bicyclic) bond motifs is 3. The molecular weight excluding hydrogens is 352 g/mol. The second kappa shape index (κ2) is 6.94. The quantitative estimate of drug-likeness (QED) is 0.456. The Morgan fingerprint density at radius 3 is 2.64 bits per heavy atom. The normalized spacial score (nSPS) is 46.9. The minimum atomic E-state index is -0.180. The number of ether oxygens (including phenoxy) is 2. The first-order valence-corrected chi connectivity index (χ1v) is 11.2. The van der Waals surface area contributed by atoms with Gasteiger partial charge in [0.1, 0.15) is 6.61 Å². The van der Waals surface area contributed by atoms with Gasteiger partial charge in [-0.15, -0.1) is 0 Å². The summed E-state index contributed by atoms with van der Waals surface area (Å²) in [4.78, 5) is 12.2. The zero-order chi connectivity index (χ0) is 20.2. The average molecular weight is 390 g/mol. The molecular formula is C23H37N2O3+. The molecule has 2 aliphatic heterocycles. The SMILES string of the molecule is CCC[C@H]1/C(=N\[NH2+]C)CC[C@@]2(C)[C@@H]3C[C@@H](C4=CCOC4=O)O[C@]3(C)CC[C@]12C. The van der Waals surface area contributed by atoms with Gasteiger partial charge in [0.15, 0.2) is 0 Å². The molecule has 0 amide bonds. The number of quaternary nitrogens is 1. The lowest BCUT2D eigenvalue weighted by atomic mass is 9.41. The number of rotatable bonds is 4. The first-order valence-electron chi connectivity index (χ1n) is 11.2. The van der Waals surface area contributed by atoms with E-state index in [2.05, 4.69) is 27.7 Å². The fourth-order valence-corrected chi connectivity index (χ4v) is 7.16. The first kappa shape index (κ1) is 20.1. The number of cyclic esters (lactones) is 1. The van der Waals surface area contributed by atoms with Crippen LogP contribution in [0, 0.1) is 22.7 Å². The fourth-order valence-electron chi connectivity index (χ4n) is 7.16. The maximum absolute atomic E-state index is 12.2. The molecule has 0 aromatic rings. The molecule has 5 heteroatoms. The third-order valence-corrected chi connectivity index (χ3v) is 8.86. The Balaban J connectivity index is 1.69. The van der Waals surface area contributed by atoms with Crippen molar-refractivity contribution in [2.75, 3.05) is 13.7 Å². The number of carbonyl (C=O) groups is 1. The molecule has 0 aromatic carbocycles. The van der Waals surface area contributed by atoms with Crippen LogP contribution in [0.5, 0.6) is 0 Å². The van der Waals surface area contributed by atoms with E-state index in [0.717, 1.165) is 31.3 Å². The molecule has 3 fully saturated rings. The van der Waals surface area contributed by atoms with Gasteiger partial charge in [-0.3, -0.25) is 0 Å². The second-order valence-electron chi connectivity index (χ2n) is 10.0. The highest BCUT2D eigenvalue weighted by Gasteiger charge is 2.66. The molecule has 0 unspecified atom stereocenters. The predicted molar refractivity (Wildman–Crippen MR) is 109 cm³/mol. The molecule has 156 valence electrons. The van der Waals surface area contributed by atoms with Crippen molar-refractivity contribution in [1.82, 2.24) is 0 Å². The zero-order valence-corrected chi connectivity index (χ0v) is 18.2. The van der Waals surface area contributed by atoms with Crippen LogP contribution in [0.3, 0.4) is 0 Å². The topological polar surface area (TPSA) is 64.5 Å². The summed E-state index contributed by atoms with van der Waals surface area (Å²) in [6.45, 7) is 10.0. The summed E-state index contributed by atoms with van der Waals surface area (Å²) < 4.78 is 11.8. The Labute approximate surface area is 169 Å². The molecule has 28 heavy (non-hydrogen) atoms. The van der Waals surface area contributed by atoms with Crippen molar-refractivity contribution >= 4 is 11.7 Å². The molecule has 5 nitrogen and oxygen atoms in total. The molecule has 4 rings (SSSR count). The lowest BCUT2D eigenvalue weighted by Crippen LogP contribution is -2.74. The number of nitrogens with zero attached hydrogens (tertiary/aromatic N) is 1. The molecule has 2 saturated carbocycles. The van der Waals surface area contributed by atoms with E-state index in [9.17, 15) is 4.79 Å². The monoisotopic (exact) mass is 389 g/mol. The van der Waals surface area contributed by atoms with Crippen LogP contribution < -0.4 is 5.43 Å². The summed E-state index contributed by atoms with van der Waals surface area (Å²) in [6, 6.07) is 0. The molecule has 0 radical (unpaired) electrons. The van der Waals surface area contributed by atoms with E-state index < -0.39 is 0 Å². The zero-order valence-electron chi connectivity index (χ0n) is 18.2. The Hall–Kier alpha value is -1.20. The Morgan fingerprint density at radius 2 is 2.00 bits per heavy atom. The Bertz CT molecular complexity index is 717. The van der Waals surface area contributed by atoms with Crippen LogP contribution in [-0.4, -0.2) is 37.0 Å². The molecule has 4 aliphatic rings. The van der Waals surface area contributed by atoms with Crippen molar-refractivity contribution in [3.05, 3.63) is 11.6 Å². The highest BCUT2D eigenvalue weighted by molar-refractivity contribution is 5.91. The average Bonchev–Trinajstić information content (AvgIpc) is 3.23. The Morgan fingerprint density at radius 1 is 1.21 bits per heavy atom. The van der Waals surface area contributed by atoms with E-state index in [0.29, 0.717) is 18.4 Å². The molecule has 0 bridgehead atoms. The van der Waals surface area contributed by atoms with Crippen molar-refractivity contribution < 1.29 is 19.7 Å². The minimum absolute atomic E-state index is 0.104. The molecule has 2 heterocycles. The van der Waals surface area contributed by atoms with Crippen LogP contribution in [0.15, 0.2) is 16.8 Å². The van der Waals surface area contributed by atoms with Gasteiger partial charge in [0.25, 0.3) is 0 Å². The third kappa shape index (κ3) is 2.72. The largest absolute Gasteiger partial charge is 0.458 e. The van der Waals surface area contributed by atoms with Crippen LogP contribution in [-0.2, 0) is 14.3 Å². The van der Waals surface area contributed by atoms with E-state index in [1.807, 2.05) is 18.5 Å². The molecule has 1 saturated heterocycles. The van der Waals surface area contributed by atoms with Gasteiger partial charge in [-0.2, -0.15) is 0 Å². The number of nitrogens with two attached hydrogens (primary N) is 1. The molecule has 2 aliphatic carbocycles. The lowest BCUT2D eigenvalue weighted by Gasteiger charge is -2.63. The van der Waals surface area contributed by atoms with Gasteiger partial charge in [-0.05, 0) is 68.3 Å². The standard InChI is InChI=1S/C23H36N2O3/c1-6-7-16-17(25-24-5)8-10-22(3)19-14-18(15-9-13-27-20(15)26)28-23(19,4)12-11-21(16,22)2/h9,16,18-19,24H,6-8,10-14H2,1-5H3/p+1/b25-17-/t16-,18-,19-,21+,22-,23+/m0/s1. The van der Waals surface area contributed by atoms with Gasteiger partial charge in [0.05, 0.1) is 30.0 Å². The summed E-state index contributed by atoms with van der Waals surface area (Å²) in [5.41, 5.74) is 4.42. The highest BCUT2D eigenvalue weighted by atomic mass is 16.5. The number of hydrogen-bond donors (Lipinski definition) is 1. The molecule has 6 atom stereocenters. The fraction of sp³-hybridized carbons (Fsp3) is 0.826. The van der Waals surface area contributed by atoms with Crippen molar-refractivity contribution in [3.8, 4) is 0 Å². The van der Waals surface area contributed by atoms with Gasteiger partial charge in [0.2, 0.25) is 0 Å². The van der Waals surface area contributed by atoms with Crippen LogP contribution in [0.25, 0.3) is 0 Å². The van der Waals surface area contributed by atoms with Gasteiger partial charge < -0.3 is 9.47 Å². The smallest absolute Gasteiger partial charge is 0.336 e. The molecule has 0 spiro atoms. The van der Waals surface area contributed by atoms with Crippen LogP contribution >= 0.6 is 0 Å². The van der Waals surface area contributed by atoms with Crippen molar-refractivity contribution in [1.29, 1.82) is 0 Å². The van der Waals surface area contributed by atoms with Crippen LogP contribution in [0.2, 0.25) is 0 Å². The van der Waals surface area contributed by atoms with Crippen molar-refractivity contribution in [3.63, 3.8) is 0 Å². The number of hydrogen-bond acceptors (Lipinski definition) is 4. The minimum Gasteiger partial charge on any atom is -0.458 e. The number of esters is 1. The Kier molecular flexibility index (Phi) is 4.98. The molecule has 0 aromatic heterocycles. The van der Waals surface area contributed by atoms with E-state index >= 15 is 0 Å². The van der Waals surface area contributed by atoms with Gasteiger partial charge in [-0.1, -0.05) is 32.3 Å². The van der Waals surface area contributed by atoms with Crippen molar-refractivity contribution in [2.45, 2.75) is 84.3 Å². The van der Waals surface area contributed by atoms with E-state index in [-0.39, 0.29) is 28.5 Å². The third-order valence-electron chi connectivity index (χ3n) is 8.86. The van der Waals surface area contributed by atoms with E-state index in [1.165, 1.54) is 25.0 Å². The van der Waals surface area contributed by atoms with E-state index in [4.69, 9.17) is 14.6 Å². The summed E-state index contributed by atoms with van der Waals surface area (Å²) in [7, 11) is 2.04. The van der Waals surface area contributed by atoms with Crippen LogP contribution in [0.1, 0.15) is 72.6 Å². The highest BCUT2D eigenvalue weighted by Crippen LogP contribution is 2.69. The van der Waals surface area contributed by atoms with Gasteiger partial charge in [-0.25, -0.2) is 10.2 Å². The number of carbonyl (C=O) groups excluding carboxylic acids is 1. The van der Waals surface area contributed by atoms with Crippen molar-refractivity contribution in [2.24, 2.45) is 27.8 Å². The second-order valence-corrected chi connectivity index (χ2v) is 10.0. The predicted octanol–water partition coefficient (Wildman–Crippen LogP) is 3.20. The maximum atomic E-state index is 12.2.